The molecule has 0 spiro atoms. The molecular weight excluding hydrogens is 196 g/mol. The van der Waals surface area contributed by atoms with Gasteiger partial charge < -0.3 is 5.32 Å². The van der Waals surface area contributed by atoms with E-state index in [1.54, 1.807) is 0 Å². The number of dihydropyridines is 1. The second-order valence-electron chi connectivity index (χ2n) is 5.01. The number of hydrogen-bond acceptors (Lipinski definition) is 2. The van der Waals surface area contributed by atoms with Crippen LogP contribution < -0.4 is 5.32 Å². The Morgan fingerprint density at radius 2 is 2.25 bits per heavy atom. The molecule has 2 atom stereocenters. The molecule has 2 aliphatic heterocycles. The lowest BCUT2D eigenvalue weighted by molar-refractivity contribution is 0.695. The fraction of sp³-hybridized carbons (Fsp3) is 0.643. The van der Waals surface area contributed by atoms with Crippen molar-refractivity contribution in [1.82, 2.24) is 5.32 Å². The predicted molar refractivity (Wildman–Crippen MR) is 69.8 cm³/mol. The van der Waals surface area contributed by atoms with Crippen molar-refractivity contribution in [3.63, 3.8) is 0 Å². The normalized spacial score (nSPS) is 28.6. The molecule has 2 aliphatic rings. The third-order valence-corrected chi connectivity index (χ3v) is 3.19. The van der Waals surface area contributed by atoms with Crippen molar-refractivity contribution in [2.24, 2.45) is 10.9 Å². The first kappa shape index (κ1) is 11.4. The molecule has 0 aliphatic carbocycles. The molecule has 2 heteroatoms. The van der Waals surface area contributed by atoms with E-state index >= 15 is 0 Å². The molecule has 0 saturated carbocycles. The zero-order valence-corrected chi connectivity index (χ0v) is 10.4. The van der Waals surface area contributed by atoms with Crippen LogP contribution in [0.5, 0.6) is 0 Å². The molecule has 0 aromatic rings. The van der Waals surface area contributed by atoms with Gasteiger partial charge in [-0.1, -0.05) is 19.1 Å². The van der Waals surface area contributed by atoms with Crippen molar-refractivity contribution in [1.29, 1.82) is 0 Å². The number of hydrogen-bond donors (Lipinski definition) is 1. The van der Waals surface area contributed by atoms with Crippen LogP contribution in [0, 0.1) is 5.92 Å². The summed E-state index contributed by atoms with van der Waals surface area (Å²) in [6, 6.07) is 0.490. The summed E-state index contributed by atoms with van der Waals surface area (Å²) in [6.07, 6.45) is 11.4. The fourth-order valence-corrected chi connectivity index (χ4v) is 2.31. The van der Waals surface area contributed by atoms with Crippen LogP contribution in [0.2, 0.25) is 0 Å². The quantitative estimate of drug-likeness (QED) is 0.770. The van der Waals surface area contributed by atoms with Gasteiger partial charge in [-0.2, -0.15) is 0 Å². The van der Waals surface area contributed by atoms with E-state index in [-0.39, 0.29) is 0 Å². The van der Waals surface area contributed by atoms with Gasteiger partial charge in [-0.15, -0.1) is 0 Å². The predicted octanol–water partition coefficient (Wildman–Crippen LogP) is 3.07. The maximum atomic E-state index is 4.65. The molecule has 2 heterocycles. The summed E-state index contributed by atoms with van der Waals surface area (Å²) in [6.45, 7) is 5.56. The van der Waals surface area contributed by atoms with Gasteiger partial charge in [0.1, 0.15) is 0 Å². The van der Waals surface area contributed by atoms with Gasteiger partial charge in [0.2, 0.25) is 0 Å². The SMILES string of the molecule is C[C@@H]1C=C(CCCC2=N[C@@H](C)CC=C2)NC1. The minimum atomic E-state index is 0.490. The molecule has 0 bridgehead atoms. The van der Waals surface area contributed by atoms with Gasteiger partial charge in [-0.05, 0) is 44.6 Å². The van der Waals surface area contributed by atoms with E-state index in [1.807, 2.05) is 0 Å². The Balaban J connectivity index is 1.72. The van der Waals surface area contributed by atoms with Crippen LogP contribution >= 0.6 is 0 Å². The van der Waals surface area contributed by atoms with E-state index in [2.05, 4.69) is 42.4 Å². The van der Waals surface area contributed by atoms with Gasteiger partial charge >= 0.3 is 0 Å². The molecule has 88 valence electrons. The number of nitrogens with one attached hydrogen (secondary N) is 1. The largest absolute Gasteiger partial charge is 0.388 e. The first-order valence-corrected chi connectivity index (χ1v) is 6.42. The van der Waals surface area contributed by atoms with Gasteiger partial charge in [0.15, 0.2) is 0 Å². The van der Waals surface area contributed by atoms with Gasteiger partial charge in [0, 0.05) is 18.0 Å². The molecule has 0 aromatic heterocycles. The maximum absolute atomic E-state index is 4.65. The number of aliphatic imine (C=N–C) groups is 1. The van der Waals surface area contributed by atoms with Crippen LogP contribution in [0.1, 0.15) is 39.5 Å². The Hall–Kier alpha value is -1.05. The summed E-state index contributed by atoms with van der Waals surface area (Å²) in [5.41, 5.74) is 2.71. The second kappa shape index (κ2) is 5.33. The van der Waals surface area contributed by atoms with Gasteiger partial charge in [0.05, 0.1) is 6.04 Å². The molecule has 2 rings (SSSR count). The fourth-order valence-electron chi connectivity index (χ4n) is 2.31. The van der Waals surface area contributed by atoms with E-state index < -0.39 is 0 Å². The van der Waals surface area contributed by atoms with Crippen molar-refractivity contribution in [3.8, 4) is 0 Å². The average molecular weight is 218 g/mol. The monoisotopic (exact) mass is 218 g/mol. The van der Waals surface area contributed by atoms with Crippen LogP contribution in [-0.4, -0.2) is 18.3 Å². The standard InChI is InChI=1S/C14H22N2/c1-11-9-14(15-10-11)8-4-7-13-6-3-5-12(2)16-13/h3,6,9,11-12,15H,4-5,7-8,10H2,1-2H3/t11-,12+/m1/s1. The van der Waals surface area contributed by atoms with Crippen molar-refractivity contribution < 1.29 is 0 Å². The summed E-state index contributed by atoms with van der Waals surface area (Å²) in [5.74, 6) is 0.710. The third kappa shape index (κ3) is 3.22. The van der Waals surface area contributed by atoms with E-state index in [4.69, 9.17) is 0 Å². The van der Waals surface area contributed by atoms with Crippen molar-refractivity contribution in [3.05, 3.63) is 23.9 Å². The van der Waals surface area contributed by atoms with Crippen LogP contribution in [0.4, 0.5) is 0 Å². The smallest absolute Gasteiger partial charge is 0.0509 e. The summed E-state index contributed by atoms with van der Waals surface area (Å²) >= 11 is 0. The molecule has 0 radical (unpaired) electrons. The maximum Gasteiger partial charge on any atom is 0.0509 e. The molecule has 0 fully saturated rings. The minimum absolute atomic E-state index is 0.490. The summed E-state index contributed by atoms with van der Waals surface area (Å²) in [7, 11) is 0. The molecule has 0 aromatic carbocycles. The highest BCUT2D eigenvalue weighted by Crippen LogP contribution is 2.16. The van der Waals surface area contributed by atoms with Crippen molar-refractivity contribution in [2.45, 2.75) is 45.6 Å². The van der Waals surface area contributed by atoms with E-state index in [0.29, 0.717) is 12.0 Å². The first-order valence-electron chi connectivity index (χ1n) is 6.42. The van der Waals surface area contributed by atoms with E-state index in [1.165, 1.54) is 24.3 Å². The molecular formula is C14H22N2. The van der Waals surface area contributed by atoms with E-state index in [9.17, 15) is 0 Å². The molecule has 0 saturated heterocycles. The molecule has 0 amide bonds. The summed E-state index contributed by atoms with van der Waals surface area (Å²) < 4.78 is 0. The van der Waals surface area contributed by atoms with E-state index in [0.717, 1.165) is 19.4 Å². The van der Waals surface area contributed by atoms with Crippen LogP contribution in [0.25, 0.3) is 0 Å². The molecule has 16 heavy (non-hydrogen) atoms. The summed E-state index contributed by atoms with van der Waals surface area (Å²) in [5, 5.41) is 3.46. The number of nitrogens with zero attached hydrogens (tertiary/aromatic N) is 1. The number of rotatable bonds is 4. The lowest BCUT2D eigenvalue weighted by Gasteiger charge is -2.11. The van der Waals surface area contributed by atoms with Crippen LogP contribution in [-0.2, 0) is 0 Å². The second-order valence-corrected chi connectivity index (χ2v) is 5.01. The third-order valence-electron chi connectivity index (χ3n) is 3.19. The lowest BCUT2D eigenvalue weighted by atomic mass is 10.1. The highest BCUT2D eigenvalue weighted by Gasteiger charge is 2.10. The highest BCUT2D eigenvalue weighted by molar-refractivity contribution is 5.95. The average Bonchev–Trinajstić information content (AvgIpc) is 2.64. The van der Waals surface area contributed by atoms with Crippen molar-refractivity contribution >= 4 is 5.71 Å². The minimum Gasteiger partial charge on any atom is -0.388 e. The Morgan fingerprint density at radius 1 is 1.38 bits per heavy atom. The van der Waals surface area contributed by atoms with Gasteiger partial charge in [-0.25, -0.2) is 0 Å². The lowest BCUT2D eigenvalue weighted by Crippen LogP contribution is -2.11. The molecule has 2 nitrogen and oxygen atoms in total. The van der Waals surface area contributed by atoms with Gasteiger partial charge in [-0.3, -0.25) is 4.99 Å². The Kier molecular flexibility index (Phi) is 3.81. The zero-order valence-electron chi connectivity index (χ0n) is 10.4. The summed E-state index contributed by atoms with van der Waals surface area (Å²) in [4.78, 5) is 4.65. The highest BCUT2D eigenvalue weighted by atomic mass is 14.9. The topological polar surface area (TPSA) is 24.4 Å². The van der Waals surface area contributed by atoms with Crippen LogP contribution in [0.15, 0.2) is 28.9 Å². The zero-order chi connectivity index (χ0) is 11.4. The molecule has 1 N–H and O–H groups in total. The van der Waals surface area contributed by atoms with Gasteiger partial charge in [0.25, 0.3) is 0 Å². The van der Waals surface area contributed by atoms with Crippen molar-refractivity contribution in [2.75, 3.05) is 6.54 Å². The first-order chi connectivity index (χ1) is 7.74. The Morgan fingerprint density at radius 3 is 2.94 bits per heavy atom. The Labute approximate surface area is 98.5 Å². The molecule has 0 unspecified atom stereocenters. The van der Waals surface area contributed by atoms with Crippen LogP contribution in [0.3, 0.4) is 0 Å². The number of allylic oxidation sites excluding steroid dienone is 2. The Bertz CT molecular complexity index is 326.